The Balaban J connectivity index is 1.44. The quantitative estimate of drug-likeness (QED) is 0.293. The molecule has 3 heterocycles. The molecule has 204 valence electrons. The van der Waals surface area contributed by atoms with E-state index in [1.54, 1.807) is 6.92 Å². The summed E-state index contributed by atoms with van der Waals surface area (Å²) in [6, 6.07) is -1.00. The van der Waals surface area contributed by atoms with E-state index in [4.69, 9.17) is 24.5 Å². The van der Waals surface area contributed by atoms with Gasteiger partial charge in [0.15, 0.2) is 35.8 Å². The van der Waals surface area contributed by atoms with Gasteiger partial charge in [-0.1, -0.05) is 5.09 Å². The van der Waals surface area contributed by atoms with Crippen LogP contribution < -0.4 is 15.6 Å². The average molecular weight is 547 g/mol. The number of ether oxygens (including phenoxy) is 3. The largest absolute Gasteiger partial charge is 0.614 e. The van der Waals surface area contributed by atoms with Crippen molar-refractivity contribution in [1.82, 2.24) is 24.6 Å². The molecule has 13 nitrogen and oxygen atoms in total. The van der Waals surface area contributed by atoms with Crippen molar-refractivity contribution in [3.63, 3.8) is 0 Å². The average Bonchev–Trinajstić information content (AvgIpc) is 3.54. The van der Waals surface area contributed by atoms with Crippen LogP contribution in [0.2, 0.25) is 0 Å². The predicted molar refractivity (Wildman–Crippen MR) is 125 cm³/mol. The van der Waals surface area contributed by atoms with E-state index < -0.39 is 50.7 Å². The minimum atomic E-state index is -3.10. The number of fused-ring (bicyclic) bond motifs is 1. The number of nitrogens with zero attached hydrogens (tertiary/aromatic N) is 4. The van der Waals surface area contributed by atoms with Crippen molar-refractivity contribution >= 4 is 31.3 Å². The minimum absolute atomic E-state index is 0.00969. The molecule has 1 saturated carbocycles. The minimum Gasteiger partial charge on any atom is -0.476 e. The van der Waals surface area contributed by atoms with Gasteiger partial charge in [-0.2, -0.15) is 9.97 Å². The van der Waals surface area contributed by atoms with Gasteiger partial charge in [0.1, 0.15) is 12.1 Å². The summed E-state index contributed by atoms with van der Waals surface area (Å²) in [4.78, 5) is 24.2. The number of halogens is 2. The first-order valence-electron chi connectivity index (χ1n) is 11.9. The SMILES string of the molecule is CCOc1nc(N)nc2c1ncn2[C@@H]1O[C@](F)(CO[P+](=O)N[C@@H](C)C(=O)OC2CCCC2)[C@@H](O)[C@@]1(C)F. The second-order valence-corrected chi connectivity index (χ2v) is 10.2. The number of carbonyl (C=O) groups excluding carboxylic acids is 1. The van der Waals surface area contributed by atoms with Gasteiger partial charge in [-0.3, -0.25) is 9.36 Å². The highest BCUT2D eigenvalue weighted by Gasteiger charge is 2.65. The fourth-order valence-corrected chi connectivity index (χ4v) is 5.14. The number of hydrogen-bond acceptors (Lipinski definition) is 11. The van der Waals surface area contributed by atoms with Crippen molar-refractivity contribution in [2.24, 2.45) is 0 Å². The topological polar surface area (TPSA) is 173 Å². The maximum Gasteiger partial charge on any atom is 0.614 e. The molecule has 6 atom stereocenters. The van der Waals surface area contributed by atoms with Gasteiger partial charge in [0, 0.05) is 0 Å². The Morgan fingerprint density at radius 1 is 1.41 bits per heavy atom. The molecule has 1 aliphatic heterocycles. The molecule has 0 aromatic carbocycles. The van der Waals surface area contributed by atoms with Crippen molar-refractivity contribution in [3.05, 3.63) is 6.33 Å². The first kappa shape index (κ1) is 27.5. The van der Waals surface area contributed by atoms with Crippen LogP contribution in [0.15, 0.2) is 6.33 Å². The highest BCUT2D eigenvalue weighted by Crippen LogP contribution is 2.49. The first-order valence-corrected chi connectivity index (χ1v) is 13.1. The second kappa shape index (κ2) is 10.7. The lowest BCUT2D eigenvalue weighted by Crippen LogP contribution is -2.46. The lowest BCUT2D eigenvalue weighted by Gasteiger charge is -2.24. The molecule has 4 N–H and O–H groups in total. The van der Waals surface area contributed by atoms with Gasteiger partial charge in [-0.05, 0) is 51.0 Å². The van der Waals surface area contributed by atoms with Crippen LogP contribution in [0.4, 0.5) is 14.7 Å². The summed E-state index contributed by atoms with van der Waals surface area (Å²) in [7, 11) is -2.80. The van der Waals surface area contributed by atoms with Crippen molar-refractivity contribution in [1.29, 1.82) is 0 Å². The summed E-state index contributed by atoms with van der Waals surface area (Å²) in [5, 5.41) is 12.9. The number of anilines is 1. The van der Waals surface area contributed by atoms with Crippen LogP contribution in [0.25, 0.3) is 11.2 Å². The molecular formula is C21H30F2N6O7P+. The number of imidazole rings is 1. The van der Waals surface area contributed by atoms with Crippen molar-refractivity contribution in [2.45, 2.75) is 82.5 Å². The number of alkyl halides is 2. The van der Waals surface area contributed by atoms with E-state index in [-0.39, 0.29) is 35.7 Å². The molecule has 1 aliphatic carbocycles. The van der Waals surface area contributed by atoms with Gasteiger partial charge in [-0.15, -0.1) is 4.52 Å². The third-order valence-corrected chi connectivity index (χ3v) is 7.25. The van der Waals surface area contributed by atoms with E-state index in [1.165, 1.54) is 6.92 Å². The van der Waals surface area contributed by atoms with E-state index in [0.717, 1.165) is 43.5 Å². The number of esters is 1. The lowest BCUT2D eigenvalue weighted by atomic mass is 9.97. The van der Waals surface area contributed by atoms with Gasteiger partial charge in [0.2, 0.25) is 11.8 Å². The zero-order valence-corrected chi connectivity index (χ0v) is 21.5. The normalized spacial score (nSPS) is 29.5. The maximum absolute atomic E-state index is 15.7. The third kappa shape index (κ3) is 5.50. The number of nitrogen functional groups attached to an aromatic ring is 1. The van der Waals surface area contributed by atoms with Gasteiger partial charge in [0.05, 0.1) is 12.9 Å². The Morgan fingerprint density at radius 2 is 2.11 bits per heavy atom. The Labute approximate surface area is 211 Å². The highest BCUT2D eigenvalue weighted by atomic mass is 31.1. The molecule has 16 heteroatoms. The Hall–Kier alpha value is -2.58. The smallest absolute Gasteiger partial charge is 0.476 e. The van der Waals surface area contributed by atoms with Crippen LogP contribution in [-0.4, -0.2) is 73.6 Å². The van der Waals surface area contributed by atoms with E-state index in [2.05, 4.69) is 20.0 Å². The first-order chi connectivity index (χ1) is 17.5. The summed E-state index contributed by atoms with van der Waals surface area (Å²) >= 11 is 0. The molecule has 0 spiro atoms. The van der Waals surface area contributed by atoms with E-state index >= 15 is 8.78 Å². The molecular weight excluding hydrogens is 517 g/mol. The summed E-state index contributed by atoms with van der Waals surface area (Å²) in [6.07, 6.45) is 0.309. The van der Waals surface area contributed by atoms with Crippen LogP contribution >= 0.6 is 8.18 Å². The number of hydrogen-bond donors (Lipinski definition) is 3. The standard InChI is InChI=1S/C21H30F2N6O7P/c1-4-33-15-13-14(26-19(24)27-15)29(10-25-13)18-20(3,22)17(31)21(23,36-18)9-34-37(32)28-11(2)16(30)35-12-7-5-6-8-12/h10-12,17-18,31H,4-9H2,1-3H3,(H,28,32)(H2,24,26,27)/q+1/t11-,17-,18+,20+,21+/m0/s1. The van der Waals surface area contributed by atoms with Gasteiger partial charge in [0.25, 0.3) is 5.85 Å². The number of nitrogens with one attached hydrogen (secondary N) is 1. The highest BCUT2D eigenvalue weighted by molar-refractivity contribution is 7.36. The number of carbonyl (C=O) groups is 1. The number of nitrogens with two attached hydrogens (primary N) is 1. The Bertz CT molecular complexity index is 1160. The zero-order valence-electron chi connectivity index (χ0n) is 20.6. The summed E-state index contributed by atoms with van der Waals surface area (Å²) in [5.41, 5.74) is 3.14. The van der Waals surface area contributed by atoms with E-state index in [0.29, 0.717) is 0 Å². The predicted octanol–water partition coefficient (Wildman–Crippen LogP) is 2.23. The number of rotatable bonds is 10. The molecule has 2 aromatic heterocycles. The summed E-state index contributed by atoms with van der Waals surface area (Å²) < 4.78 is 65.7. The molecule has 0 radical (unpaired) electrons. The maximum atomic E-state index is 15.7. The van der Waals surface area contributed by atoms with Crippen molar-refractivity contribution in [2.75, 3.05) is 18.9 Å². The lowest BCUT2D eigenvalue weighted by molar-refractivity contribution is -0.201. The molecule has 37 heavy (non-hydrogen) atoms. The van der Waals surface area contributed by atoms with Crippen LogP contribution in [-0.2, 0) is 23.4 Å². The van der Waals surface area contributed by atoms with Gasteiger partial charge < -0.3 is 25.1 Å². The van der Waals surface area contributed by atoms with E-state index in [1.807, 2.05) is 0 Å². The fourth-order valence-electron chi connectivity index (χ4n) is 4.35. The summed E-state index contributed by atoms with van der Waals surface area (Å²) in [5.74, 6) is -3.88. The molecule has 2 fully saturated rings. The third-order valence-electron chi connectivity index (χ3n) is 6.29. The fraction of sp³-hybridized carbons (Fsp3) is 0.714. The second-order valence-electron chi connectivity index (χ2n) is 9.18. The molecule has 0 amide bonds. The van der Waals surface area contributed by atoms with E-state index in [9.17, 15) is 14.5 Å². The molecule has 1 saturated heterocycles. The Kier molecular flexibility index (Phi) is 7.91. The van der Waals surface area contributed by atoms with Crippen LogP contribution in [0.1, 0.15) is 52.7 Å². The molecule has 0 bridgehead atoms. The Morgan fingerprint density at radius 3 is 2.78 bits per heavy atom. The zero-order chi connectivity index (χ0) is 27.0. The number of aliphatic hydroxyl groups excluding tert-OH is 1. The summed E-state index contributed by atoms with van der Waals surface area (Å²) in [6.45, 7) is 3.20. The monoisotopic (exact) mass is 547 g/mol. The molecule has 2 aliphatic rings. The number of aromatic nitrogens is 4. The molecule has 2 aromatic rings. The van der Waals surface area contributed by atoms with Crippen LogP contribution in [0, 0.1) is 0 Å². The van der Waals surface area contributed by atoms with Crippen LogP contribution in [0.5, 0.6) is 5.88 Å². The van der Waals surface area contributed by atoms with Crippen LogP contribution in [0.3, 0.4) is 0 Å². The van der Waals surface area contributed by atoms with Crippen molar-refractivity contribution < 1.29 is 42.0 Å². The molecule has 1 unspecified atom stereocenters. The van der Waals surface area contributed by atoms with Crippen molar-refractivity contribution in [3.8, 4) is 5.88 Å². The van der Waals surface area contributed by atoms with Gasteiger partial charge in [-0.25, -0.2) is 13.8 Å². The molecule has 4 rings (SSSR count). The van der Waals surface area contributed by atoms with Gasteiger partial charge >= 0.3 is 14.1 Å². The number of aliphatic hydroxyl groups is 1.